The summed E-state index contributed by atoms with van der Waals surface area (Å²) in [4.78, 5) is 18.3. The van der Waals surface area contributed by atoms with Gasteiger partial charge in [0.05, 0.1) is 12.1 Å². The number of halogens is 2. The van der Waals surface area contributed by atoms with Crippen LogP contribution in [0, 0.1) is 0 Å². The van der Waals surface area contributed by atoms with Gasteiger partial charge >= 0.3 is 0 Å². The van der Waals surface area contributed by atoms with Crippen molar-refractivity contribution in [3.05, 3.63) is 60.3 Å². The summed E-state index contributed by atoms with van der Waals surface area (Å²) in [5, 5.41) is 12.0. The van der Waals surface area contributed by atoms with Crippen LogP contribution in [0.3, 0.4) is 0 Å². The van der Waals surface area contributed by atoms with Crippen molar-refractivity contribution in [1.29, 1.82) is 0 Å². The molecule has 0 radical (unpaired) electrons. The summed E-state index contributed by atoms with van der Waals surface area (Å²) in [6, 6.07) is 14.6. The van der Waals surface area contributed by atoms with Crippen LogP contribution < -0.4 is 5.32 Å². The van der Waals surface area contributed by atoms with Crippen molar-refractivity contribution in [2.24, 2.45) is 0 Å². The van der Waals surface area contributed by atoms with E-state index in [0.717, 1.165) is 27.5 Å². The van der Waals surface area contributed by atoms with E-state index in [0.29, 0.717) is 11.4 Å². The van der Waals surface area contributed by atoms with Crippen molar-refractivity contribution < 1.29 is 13.6 Å². The van der Waals surface area contributed by atoms with Crippen molar-refractivity contribution in [2.75, 3.05) is 18.4 Å². The summed E-state index contributed by atoms with van der Waals surface area (Å²) in [5.74, 6) is -2.57. The Morgan fingerprint density at radius 2 is 2.07 bits per heavy atom. The van der Waals surface area contributed by atoms with Gasteiger partial charge in [0.2, 0.25) is 0 Å². The molecule has 0 saturated carbocycles. The summed E-state index contributed by atoms with van der Waals surface area (Å²) < 4.78 is 27.0. The lowest BCUT2D eigenvalue weighted by molar-refractivity contribution is 0.0120. The first-order chi connectivity index (χ1) is 14.0. The van der Waals surface area contributed by atoms with E-state index >= 15 is 0 Å². The molecule has 4 aromatic rings. The molecule has 2 aromatic carbocycles. The molecule has 3 heterocycles. The second-order valence-corrected chi connectivity index (χ2v) is 7.17. The van der Waals surface area contributed by atoms with Gasteiger partial charge in [-0.1, -0.05) is 18.2 Å². The zero-order chi connectivity index (χ0) is 20.0. The first-order valence-electron chi connectivity index (χ1n) is 9.26. The summed E-state index contributed by atoms with van der Waals surface area (Å²) in [6.07, 6.45) is 1.41. The molecule has 0 atom stereocenters. The number of carbonyl (C=O) groups excluding carboxylic acids is 1. The third-order valence-corrected chi connectivity index (χ3v) is 5.15. The van der Waals surface area contributed by atoms with E-state index in [-0.39, 0.29) is 18.9 Å². The molecule has 6 nitrogen and oxygen atoms in total. The number of benzene rings is 2. The molecule has 2 N–H and O–H groups in total. The highest BCUT2D eigenvalue weighted by molar-refractivity contribution is 6.07. The predicted molar refractivity (Wildman–Crippen MR) is 107 cm³/mol. The molecular weight excluding hydrogens is 376 g/mol. The number of hydrogen-bond donors (Lipinski definition) is 2. The lowest BCUT2D eigenvalue weighted by atomic mass is 10.0. The molecule has 0 aliphatic carbocycles. The Morgan fingerprint density at radius 1 is 1.17 bits per heavy atom. The predicted octanol–water partition coefficient (Wildman–Crippen LogP) is 4.34. The summed E-state index contributed by atoms with van der Waals surface area (Å²) in [5.41, 5.74) is 2.77. The lowest BCUT2D eigenvalue weighted by Gasteiger charge is -2.17. The minimum absolute atomic E-state index is 0.0705. The Bertz CT molecular complexity index is 1240. The van der Waals surface area contributed by atoms with E-state index < -0.39 is 12.5 Å². The molecule has 1 saturated heterocycles. The number of aromatic nitrogens is 3. The van der Waals surface area contributed by atoms with Crippen LogP contribution in [0.25, 0.3) is 21.8 Å². The van der Waals surface area contributed by atoms with Crippen molar-refractivity contribution in [3.63, 3.8) is 0 Å². The van der Waals surface area contributed by atoms with E-state index in [4.69, 9.17) is 0 Å². The number of anilines is 2. The average Bonchev–Trinajstić information content (AvgIpc) is 3.30. The van der Waals surface area contributed by atoms with Crippen LogP contribution >= 0.6 is 0 Å². The molecule has 146 valence electrons. The van der Waals surface area contributed by atoms with Crippen LogP contribution in [0.5, 0.6) is 0 Å². The number of fused-ring (bicyclic) bond motifs is 2. The number of amides is 1. The molecule has 0 bridgehead atoms. The fourth-order valence-electron chi connectivity index (χ4n) is 3.70. The van der Waals surface area contributed by atoms with Crippen molar-refractivity contribution in [2.45, 2.75) is 12.3 Å². The number of rotatable bonds is 3. The van der Waals surface area contributed by atoms with Crippen LogP contribution in [0.15, 0.2) is 54.7 Å². The highest BCUT2D eigenvalue weighted by Gasteiger charge is 2.40. The van der Waals surface area contributed by atoms with Gasteiger partial charge in [0.15, 0.2) is 5.82 Å². The maximum absolute atomic E-state index is 13.5. The Labute approximate surface area is 164 Å². The summed E-state index contributed by atoms with van der Waals surface area (Å²) >= 11 is 0. The SMILES string of the molecule is O=C(c1cccc2cc(Nc3n[nH]c4cccnc34)ccc12)N1CCC(F)(F)C1. The van der Waals surface area contributed by atoms with Gasteiger partial charge in [0.1, 0.15) is 5.52 Å². The Kier molecular flexibility index (Phi) is 3.94. The normalized spacial score (nSPS) is 15.9. The van der Waals surface area contributed by atoms with Gasteiger partial charge in [0.25, 0.3) is 11.8 Å². The number of carbonyl (C=O) groups is 1. The molecule has 5 rings (SSSR count). The maximum Gasteiger partial charge on any atom is 0.267 e. The maximum atomic E-state index is 13.5. The number of nitrogens with zero attached hydrogens (tertiary/aromatic N) is 3. The third kappa shape index (κ3) is 3.16. The van der Waals surface area contributed by atoms with E-state index in [1.165, 1.54) is 4.90 Å². The van der Waals surface area contributed by atoms with Crippen molar-refractivity contribution in [3.8, 4) is 0 Å². The van der Waals surface area contributed by atoms with Gasteiger partial charge in [-0.05, 0) is 41.1 Å². The molecule has 8 heteroatoms. The minimum atomic E-state index is -2.81. The summed E-state index contributed by atoms with van der Waals surface area (Å²) in [7, 11) is 0. The smallest absolute Gasteiger partial charge is 0.267 e. The van der Waals surface area contributed by atoms with Crippen LogP contribution in [0.2, 0.25) is 0 Å². The largest absolute Gasteiger partial charge is 0.337 e. The van der Waals surface area contributed by atoms with Gasteiger partial charge in [-0.15, -0.1) is 0 Å². The van der Waals surface area contributed by atoms with Gasteiger partial charge in [-0.25, -0.2) is 8.78 Å². The van der Waals surface area contributed by atoms with Gasteiger partial charge in [-0.3, -0.25) is 14.9 Å². The fraction of sp³-hybridized carbons (Fsp3) is 0.190. The Morgan fingerprint density at radius 3 is 2.90 bits per heavy atom. The van der Waals surface area contributed by atoms with E-state index in [1.54, 1.807) is 18.3 Å². The minimum Gasteiger partial charge on any atom is -0.337 e. The standard InChI is InChI=1S/C21H17F2N5O/c22-21(23)8-10-28(12-21)20(29)16-4-1-3-13-11-14(6-7-15(13)16)25-19-18-17(26-27-19)5-2-9-24-18/h1-7,9,11H,8,10,12H2,(H2,25,26,27). The topological polar surface area (TPSA) is 73.9 Å². The highest BCUT2D eigenvalue weighted by Crippen LogP contribution is 2.31. The van der Waals surface area contributed by atoms with Crippen LogP contribution in [-0.2, 0) is 0 Å². The van der Waals surface area contributed by atoms with E-state index in [9.17, 15) is 13.6 Å². The number of H-pyrrole nitrogens is 1. The third-order valence-electron chi connectivity index (χ3n) is 5.15. The summed E-state index contributed by atoms with van der Waals surface area (Å²) in [6.45, 7) is -0.456. The molecule has 2 aromatic heterocycles. The molecule has 29 heavy (non-hydrogen) atoms. The number of likely N-dealkylation sites (tertiary alicyclic amines) is 1. The highest BCUT2D eigenvalue weighted by atomic mass is 19.3. The van der Waals surface area contributed by atoms with E-state index in [2.05, 4.69) is 20.5 Å². The van der Waals surface area contributed by atoms with Crippen LogP contribution in [0.1, 0.15) is 16.8 Å². The number of pyridine rings is 1. The number of hydrogen-bond acceptors (Lipinski definition) is 4. The zero-order valence-corrected chi connectivity index (χ0v) is 15.3. The number of nitrogens with one attached hydrogen (secondary N) is 2. The zero-order valence-electron chi connectivity index (χ0n) is 15.3. The van der Waals surface area contributed by atoms with Crippen LogP contribution in [0.4, 0.5) is 20.3 Å². The Balaban J connectivity index is 1.46. The van der Waals surface area contributed by atoms with Crippen molar-refractivity contribution >= 4 is 39.2 Å². The second kappa shape index (κ2) is 6.51. The number of alkyl halides is 2. The van der Waals surface area contributed by atoms with E-state index in [1.807, 2.05) is 36.4 Å². The molecular formula is C21H17F2N5O. The molecule has 1 aliphatic rings. The Hall–Kier alpha value is -3.55. The van der Waals surface area contributed by atoms with Crippen molar-refractivity contribution in [1.82, 2.24) is 20.1 Å². The van der Waals surface area contributed by atoms with Gasteiger partial charge in [0, 0.05) is 30.4 Å². The molecule has 1 amide bonds. The second-order valence-electron chi connectivity index (χ2n) is 7.17. The quantitative estimate of drug-likeness (QED) is 0.543. The first kappa shape index (κ1) is 17.5. The molecule has 1 fully saturated rings. The molecule has 1 aliphatic heterocycles. The average molecular weight is 393 g/mol. The monoisotopic (exact) mass is 393 g/mol. The first-order valence-corrected chi connectivity index (χ1v) is 9.26. The van der Waals surface area contributed by atoms with Gasteiger partial charge in [-0.2, -0.15) is 5.10 Å². The lowest BCUT2D eigenvalue weighted by Crippen LogP contribution is -2.31. The fourth-order valence-corrected chi connectivity index (χ4v) is 3.70. The van der Waals surface area contributed by atoms with Gasteiger partial charge < -0.3 is 10.2 Å². The van der Waals surface area contributed by atoms with Crippen LogP contribution in [-0.4, -0.2) is 45.0 Å². The number of aromatic amines is 1. The molecule has 0 spiro atoms. The molecule has 0 unspecified atom stereocenters.